The van der Waals surface area contributed by atoms with E-state index in [9.17, 15) is 13.6 Å². The number of halogens is 2. The minimum absolute atomic E-state index is 0.223. The van der Waals surface area contributed by atoms with E-state index in [1.54, 1.807) is 6.92 Å². The van der Waals surface area contributed by atoms with Crippen LogP contribution in [0, 0.1) is 18.6 Å². The summed E-state index contributed by atoms with van der Waals surface area (Å²) in [6.07, 6.45) is 2.20. The fourth-order valence-electron chi connectivity index (χ4n) is 2.21. The minimum Gasteiger partial charge on any atom is -0.325 e. The van der Waals surface area contributed by atoms with E-state index in [1.165, 1.54) is 17.8 Å². The van der Waals surface area contributed by atoms with E-state index in [0.29, 0.717) is 11.2 Å². The Hall–Kier alpha value is -1.96. The highest BCUT2D eigenvalue weighted by molar-refractivity contribution is 8.00. The van der Waals surface area contributed by atoms with Crippen molar-refractivity contribution in [3.8, 4) is 0 Å². The lowest BCUT2D eigenvalue weighted by Crippen LogP contribution is -2.23. The van der Waals surface area contributed by atoms with E-state index in [2.05, 4.69) is 15.5 Å². The van der Waals surface area contributed by atoms with Gasteiger partial charge in [0.15, 0.2) is 16.8 Å². The summed E-state index contributed by atoms with van der Waals surface area (Å²) in [7, 11) is 0. The molecule has 1 amide bonds. The smallest absolute Gasteiger partial charge is 0.237 e. The fraction of sp³-hybridized carbons (Fsp3) is 0.400. The highest BCUT2D eigenvalue weighted by Crippen LogP contribution is 2.39. The highest BCUT2D eigenvalue weighted by Gasteiger charge is 2.29. The van der Waals surface area contributed by atoms with Crippen LogP contribution in [0.2, 0.25) is 0 Å². The van der Waals surface area contributed by atoms with Crippen molar-refractivity contribution < 1.29 is 13.6 Å². The molecule has 2 aromatic rings. The van der Waals surface area contributed by atoms with Gasteiger partial charge in [-0.25, -0.2) is 8.78 Å². The van der Waals surface area contributed by atoms with Gasteiger partial charge in [0.05, 0.1) is 5.25 Å². The van der Waals surface area contributed by atoms with Crippen molar-refractivity contribution in [3.05, 3.63) is 35.7 Å². The molecule has 1 atom stereocenters. The van der Waals surface area contributed by atoms with Crippen LogP contribution >= 0.6 is 11.8 Å². The van der Waals surface area contributed by atoms with Gasteiger partial charge in [0, 0.05) is 17.8 Å². The zero-order chi connectivity index (χ0) is 16.6. The average Bonchev–Trinajstić information content (AvgIpc) is 3.27. The molecule has 1 heterocycles. The molecule has 0 radical (unpaired) electrons. The predicted molar refractivity (Wildman–Crippen MR) is 83.3 cm³/mol. The molecule has 3 rings (SSSR count). The van der Waals surface area contributed by atoms with Crippen LogP contribution in [0.1, 0.15) is 31.6 Å². The van der Waals surface area contributed by atoms with Crippen molar-refractivity contribution in [3.63, 3.8) is 0 Å². The van der Waals surface area contributed by atoms with Gasteiger partial charge in [0.1, 0.15) is 5.82 Å². The molecule has 122 valence electrons. The number of nitrogens with one attached hydrogen (secondary N) is 1. The molecule has 0 aliphatic heterocycles. The molecular weight excluding hydrogens is 322 g/mol. The molecule has 1 N–H and O–H groups in total. The number of hydrogen-bond donors (Lipinski definition) is 1. The number of aryl methyl sites for hydroxylation is 1. The van der Waals surface area contributed by atoms with E-state index < -0.39 is 16.9 Å². The molecule has 1 aliphatic carbocycles. The van der Waals surface area contributed by atoms with E-state index in [4.69, 9.17) is 0 Å². The van der Waals surface area contributed by atoms with Gasteiger partial charge in [-0.05, 0) is 38.8 Å². The van der Waals surface area contributed by atoms with E-state index in [1.807, 2.05) is 11.5 Å². The summed E-state index contributed by atoms with van der Waals surface area (Å²) in [4.78, 5) is 12.2. The maximum Gasteiger partial charge on any atom is 0.237 e. The van der Waals surface area contributed by atoms with Gasteiger partial charge in [-0.1, -0.05) is 11.8 Å². The average molecular weight is 338 g/mol. The second-order valence-corrected chi connectivity index (χ2v) is 6.82. The molecule has 23 heavy (non-hydrogen) atoms. The third-order valence-electron chi connectivity index (χ3n) is 3.59. The third kappa shape index (κ3) is 3.52. The van der Waals surface area contributed by atoms with Gasteiger partial charge < -0.3 is 9.88 Å². The summed E-state index contributed by atoms with van der Waals surface area (Å²) in [6, 6.07) is 3.69. The van der Waals surface area contributed by atoms with Crippen molar-refractivity contribution in [1.82, 2.24) is 14.8 Å². The number of thioether (sulfide) groups is 1. The minimum atomic E-state index is -0.993. The molecule has 1 aromatic heterocycles. The molecule has 0 bridgehead atoms. The van der Waals surface area contributed by atoms with E-state index in [-0.39, 0.29) is 11.6 Å². The first kappa shape index (κ1) is 15.9. The van der Waals surface area contributed by atoms with Gasteiger partial charge >= 0.3 is 0 Å². The number of carbonyl (C=O) groups excluding carboxylic acids is 1. The van der Waals surface area contributed by atoms with Crippen molar-refractivity contribution in [1.29, 1.82) is 0 Å². The van der Waals surface area contributed by atoms with Crippen LogP contribution in [-0.2, 0) is 4.79 Å². The van der Waals surface area contributed by atoms with Crippen LogP contribution in [-0.4, -0.2) is 25.9 Å². The second kappa shape index (κ2) is 6.27. The number of amides is 1. The number of rotatable bonds is 5. The van der Waals surface area contributed by atoms with Crippen LogP contribution in [0.3, 0.4) is 0 Å². The Balaban J connectivity index is 1.67. The third-order valence-corrected chi connectivity index (χ3v) is 4.64. The predicted octanol–water partition coefficient (Wildman–Crippen LogP) is 3.32. The zero-order valence-corrected chi connectivity index (χ0v) is 13.5. The van der Waals surface area contributed by atoms with Crippen LogP contribution < -0.4 is 5.32 Å². The van der Waals surface area contributed by atoms with Crippen LogP contribution in [0.15, 0.2) is 23.4 Å². The zero-order valence-electron chi connectivity index (χ0n) is 12.7. The summed E-state index contributed by atoms with van der Waals surface area (Å²) < 4.78 is 28.1. The Labute approximate surface area is 136 Å². The molecule has 0 unspecified atom stereocenters. The topological polar surface area (TPSA) is 59.8 Å². The highest BCUT2D eigenvalue weighted by atomic mass is 32.2. The van der Waals surface area contributed by atoms with Crippen LogP contribution in [0.4, 0.5) is 14.5 Å². The molecule has 1 saturated carbocycles. The molecule has 8 heteroatoms. The summed E-state index contributed by atoms with van der Waals surface area (Å²) in [5.41, 5.74) is 0.223. The lowest BCUT2D eigenvalue weighted by Gasteiger charge is -2.13. The standard InChI is InChI=1S/C15H16F2N4OS/c1-8(14(22)18-10-3-6-12(16)13(17)7-10)23-15-20-19-9(2)21(15)11-4-5-11/h3,6-8,11H,4-5H2,1-2H3,(H,18,22)/t8-/m0/s1. The Morgan fingerprint density at radius 2 is 2.09 bits per heavy atom. The second-order valence-electron chi connectivity index (χ2n) is 5.51. The number of hydrogen-bond acceptors (Lipinski definition) is 4. The molecule has 0 saturated heterocycles. The lowest BCUT2D eigenvalue weighted by molar-refractivity contribution is -0.115. The van der Waals surface area contributed by atoms with Crippen molar-refractivity contribution in [2.45, 2.75) is 43.1 Å². The molecule has 0 spiro atoms. The number of nitrogens with zero attached hydrogens (tertiary/aromatic N) is 3. The molecule has 1 fully saturated rings. The molecule has 1 aromatic carbocycles. The first-order valence-corrected chi connectivity index (χ1v) is 8.17. The Morgan fingerprint density at radius 3 is 2.74 bits per heavy atom. The van der Waals surface area contributed by atoms with Gasteiger partial charge in [0.25, 0.3) is 0 Å². The largest absolute Gasteiger partial charge is 0.325 e. The maximum atomic E-state index is 13.2. The Morgan fingerprint density at radius 1 is 1.35 bits per heavy atom. The lowest BCUT2D eigenvalue weighted by atomic mass is 10.3. The number of carbonyl (C=O) groups is 1. The van der Waals surface area contributed by atoms with Gasteiger partial charge in [-0.15, -0.1) is 10.2 Å². The normalized spacial score (nSPS) is 15.5. The summed E-state index contributed by atoms with van der Waals surface area (Å²) in [5.74, 6) is -1.40. The monoisotopic (exact) mass is 338 g/mol. The Bertz CT molecular complexity index is 745. The van der Waals surface area contributed by atoms with E-state index in [0.717, 1.165) is 30.8 Å². The number of aromatic nitrogens is 3. The fourth-order valence-corrected chi connectivity index (χ4v) is 3.18. The van der Waals surface area contributed by atoms with Crippen molar-refractivity contribution in [2.24, 2.45) is 0 Å². The quantitative estimate of drug-likeness (QED) is 0.850. The molecule has 1 aliphatic rings. The number of anilines is 1. The Kier molecular flexibility index (Phi) is 4.34. The summed E-state index contributed by atoms with van der Waals surface area (Å²) in [5, 5.41) is 11.0. The van der Waals surface area contributed by atoms with E-state index >= 15 is 0 Å². The van der Waals surface area contributed by atoms with Gasteiger partial charge in [-0.3, -0.25) is 4.79 Å². The van der Waals surface area contributed by atoms with Crippen LogP contribution in [0.5, 0.6) is 0 Å². The van der Waals surface area contributed by atoms with Gasteiger partial charge in [0.2, 0.25) is 5.91 Å². The SMILES string of the molecule is Cc1nnc(S[C@@H](C)C(=O)Nc2ccc(F)c(F)c2)n1C1CC1. The first-order valence-electron chi connectivity index (χ1n) is 7.30. The van der Waals surface area contributed by atoms with Crippen LogP contribution in [0.25, 0.3) is 0 Å². The molecular formula is C15H16F2N4OS. The first-order chi connectivity index (χ1) is 11.0. The summed E-state index contributed by atoms with van der Waals surface area (Å²) in [6.45, 7) is 3.63. The number of benzene rings is 1. The van der Waals surface area contributed by atoms with Gasteiger partial charge in [-0.2, -0.15) is 0 Å². The maximum absolute atomic E-state index is 13.2. The van der Waals surface area contributed by atoms with Crippen molar-refractivity contribution in [2.75, 3.05) is 5.32 Å². The van der Waals surface area contributed by atoms with Crippen molar-refractivity contribution >= 4 is 23.4 Å². The molecule has 5 nitrogen and oxygen atoms in total. The summed E-state index contributed by atoms with van der Waals surface area (Å²) >= 11 is 1.30.